The van der Waals surface area contributed by atoms with Gasteiger partial charge in [-0.1, -0.05) is 136 Å². The molecule has 3 saturated carbocycles. The van der Waals surface area contributed by atoms with Gasteiger partial charge in [-0.15, -0.1) is 0 Å². The van der Waals surface area contributed by atoms with Crippen molar-refractivity contribution in [2.24, 2.45) is 46.3 Å². The molecular weight excluding hydrogens is 890 g/mol. The number of quaternary nitrogens is 1. The summed E-state index contributed by atoms with van der Waals surface area (Å²) >= 11 is 0. The van der Waals surface area contributed by atoms with Crippen LogP contribution in [0.1, 0.15) is 215 Å². The molecule has 4 rings (SSSR count). The molecule has 398 valence electrons. The number of carbonyl (C=O) groups is 3. The van der Waals surface area contributed by atoms with Crippen molar-refractivity contribution in [3.05, 3.63) is 23.8 Å². The minimum atomic E-state index is -4.49. The van der Waals surface area contributed by atoms with Crippen LogP contribution >= 0.6 is 7.82 Å². The molecule has 0 amide bonds. The molecule has 1 N–H and O–H groups in total. The SMILES string of the molecule is CCCCCCCC/C=C/CCCCCCCC(=O)OCC(COP(=O)(O)OCC[N+](C)(C)C)OC(=O)CCC(=O)O[C@H]1CC[C@@]2(C)C(=CC[C@H]3[C@@H]4CC[C@H]([C@H](C)CCCC(C)C)[C@@]4(C)CC[C@@H]32)C1. The Balaban J connectivity index is 1.19. The highest BCUT2D eigenvalue weighted by Gasteiger charge is 2.59. The third-order valence-electron chi connectivity index (χ3n) is 16.9. The molecular formula is C57H101NO10P+. The maximum Gasteiger partial charge on any atom is 0.472 e. The normalized spacial score (nSPS) is 27.5. The summed E-state index contributed by atoms with van der Waals surface area (Å²) in [6.07, 6.45) is 33.6. The molecule has 0 bridgehead atoms. The van der Waals surface area contributed by atoms with Gasteiger partial charge in [0.2, 0.25) is 0 Å². The van der Waals surface area contributed by atoms with E-state index in [1.165, 1.54) is 89.0 Å². The van der Waals surface area contributed by atoms with E-state index in [-0.39, 0.29) is 44.0 Å². The van der Waals surface area contributed by atoms with E-state index in [0.29, 0.717) is 28.8 Å². The number of hydrogen-bond donors (Lipinski definition) is 1. The summed E-state index contributed by atoms with van der Waals surface area (Å²) in [4.78, 5) is 49.4. The molecule has 0 heterocycles. The van der Waals surface area contributed by atoms with Crippen LogP contribution in [0, 0.1) is 46.3 Å². The Morgan fingerprint density at radius 1 is 0.768 bits per heavy atom. The summed E-state index contributed by atoms with van der Waals surface area (Å²) in [5.41, 5.74) is 2.03. The van der Waals surface area contributed by atoms with Crippen molar-refractivity contribution < 1.29 is 51.6 Å². The highest BCUT2D eigenvalue weighted by Crippen LogP contribution is 2.67. The maximum absolute atomic E-state index is 13.2. The van der Waals surface area contributed by atoms with Gasteiger partial charge in [0.05, 0.1) is 40.6 Å². The fourth-order valence-electron chi connectivity index (χ4n) is 12.8. The Morgan fingerprint density at radius 3 is 2.12 bits per heavy atom. The van der Waals surface area contributed by atoms with Gasteiger partial charge in [-0.25, -0.2) is 4.57 Å². The predicted octanol–water partition coefficient (Wildman–Crippen LogP) is 14.1. The van der Waals surface area contributed by atoms with Crippen LogP contribution in [-0.2, 0) is 42.2 Å². The summed E-state index contributed by atoms with van der Waals surface area (Å²) in [7, 11) is 1.30. The molecule has 3 fully saturated rings. The van der Waals surface area contributed by atoms with Gasteiger partial charge >= 0.3 is 25.7 Å². The highest BCUT2D eigenvalue weighted by atomic mass is 31.2. The van der Waals surface area contributed by atoms with Crippen molar-refractivity contribution in [2.75, 3.05) is 47.5 Å². The Bertz CT molecular complexity index is 1660. The van der Waals surface area contributed by atoms with Gasteiger partial charge in [0.15, 0.2) is 6.10 Å². The average Bonchev–Trinajstić information content (AvgIpc) is 3.64. The van der Waals surface area contributed by atoms with Crippen molar-refractivity contribution in [3.63, 3.8) is 0 Å². The minimum absolute atomic E-state index is 0.0218. The lowest BCUT2D eigenvalue weighted by molar-refractivity contribution is -0.870. The minimum Gasteiger partial charge on any atom is -0.462 e. The molecule has 12 heteroatoms. The fraction of sp³-hybridized carbons (Fsp3) is 0.877. The zero-order valence-corrected chi connectivity index (χ0v) is 46.2. The molecule has 0 aromatic rings. The third-order valence-corrected chi connectivity index (χ3v) is 17.9. The molecule has 69 heavy (non-hydrogen) atoms. The van der Waals surface area contributed by atoms with Crippen LogP contribution in [0.3, 0.4) is 0 Å². The number of likely N-dealkylation sites (N-methyl/N-ethyl adjacent to an activating group) is 1. The Morgan fingerprint density at radius 2 is 1.43 bits per heavy atom. The van der Waals surface area contributed by atoms with E-state index < -0.39 is 38.4 Å². The molecule has 0 radical (unpaired) electrons. The number of allylic oxidation sites excluding steroid dienone is 3. The van der Waals surface area contributed by atoms with E-state index in [0.717, 1.165) is 93.8 Å². The zero-order chi connectivity index (χ0) is 50.5. The van der Waals surface area contributed by atoms with Crippen LogP contribution in [0.25, 0.3) is 0 Å². The van der Waals surface area contributed by atoms with Crippen molar-refractivity contribution in [1.82, 2.24) is 0 Å². The zero-order valence-electron chi connectivity index (χ0n) is 45.3. The topological polar surface area (TPSA) is 135 Å². The van der Waals surface area contributed by atoms with E-state index in [2.05, 4.69) is 59.8 Å². The lowest BCUT2D eigenvalue weighted by Gasteiger charge is -2.58. The lowest BCUT2D eigenvalue weighted by Crippen LogP contribution is -2.51. The number of phosphoric ester groups is 1. The van der Waals surface area contributed by atoms with Gasteiger partial charge in [-0.05, 0) is 123 Å². The van der Waals surface area contributed by atoms with Crippen LogP contribution in [0.15, 0.2) is 23.8 Å². The molecule has 4 aliphatic carbocycles. The Hall–Kier alpha value is -2.04. The molecule has 0 aliphatic heterocycles. The lowest BCUT2D eigenvalue weighted by atomic mass is 9.47. The number of unbranched alkanes of at least 4 members (excludes halogenated alkanes) is 11. The number of ether oxygens (including phenoxy) is 3. The van der Waals surface area contributed by atoms with E-state index in [9.17, 15) is 23.8 Å². The van der Waals surface area contributed by atoms with Gasteiger partial charge in [0.1, 0.15) is 25.9 Å². The monoisotopic (exact) mass is 991 g/mol. The van der Waals surface area contributed by atoms with Crippen LogP contribution in [0.2, 0.25) is 0 Å². The summed E-state index contributed by atoms with van der Waals surface area (Å²) in [5, 5.41) is 0. The van der Waals surface area contributed by atoms with Gasteiger partial charge < -0.3 is 23.6 Å². The largest absolute Gasteiger partial charge is 0.472 e. The van der Waals surface area contributed by atoms with Crippen molar-refractivity contribution in [2.45, 2.75) is 227 Å². The number of hydrogen-bond acceptors (Lipinski definition) is 9. The molecule has 0 aromatic carbocycles. The Kier molecular flexibility index (Phi) is 25.5. The highest BCUT2D eigenvalue weighted by molar-refractivity contribution is 7.47. The molecule has 0 spiro atoms. The van der Waals surface area contributed by atoms with E-state index in [1.807, 2.05) is 21.1 Å². The van der Waals surface area contributed by atoms with Crippen LogP contribution in [-0.4, -0.2) is 87.0 Å². The molecule has 0 aromatic heterocycles. The van der Waals surface area contributed by atoms with Gasteiger partial charge in [0.25, 0.3) is 0 Å². The number of carbonyl (C=O) groups excluding carboxylic acids is 3. The number of rotatable bonds is 34. The van der Waals surface area contributed by atoms with Crippen molar-refractivity contribution in [1.29, 1.82) is 0 Å². The van der Waals surface area contributed by atoms with Gasteiger partial charge in [-0.2, -0.15) is 0 Å². The molecule has 2 unspecified atom stereocenters. The maximum atomic E-state index is 13.2. The summed E-state index contributed by atoms with van der Waals surface area (Å²) in [6.45, 7) is 14.2. The van der Waals surface area contributed by atoms with E-state index >= 15 is 0 Å². The van der Waals surface area contributed by atoms with Gasteiger partial charge in [-0.3, -0.25) is 23.4 Å². The number of esters is 3. The van der Waals surface area contributed by atoms with Crippen molar-refractivity contribution in [3.8, 4) is 0 Å². The summed E-state index contributed by atoms with van der Waals surface area (Å²) in [6, 6.07) is 0. The second kappa shape index (κ2) is 29.6. The molecule has 11 nitrogen and oxygen atoms in total. The van der Waals surface area contributed by atoms with Crippen LogP contribution < -0.4 is 0 Å². The first-order valence-electron chi connectivity index (χ1n) is 28.1. The molecule has 0 saturated heterocycles. The number of nitrogens with zero attached hydrogens (tertiary/aromatic N) is 1. The van der Waals surface area contributed by atoms with E-state index in [1.54, 1.807) is 0 Å². The number of phosphoric acid groups is 1. The smallest absolute Gasteiger partial charge is 0.462 e. The summed E-state index contributed by atoms with van der Waals surface area (Å²) < 4.78 is 40.6. The summed E-state index contributed by atoms with van der Waals surface area (Å²) in [5.74, 6) is 2.99. The van der Waals surface area contributed by atoms with Crippen LogP contribution in [0.4, 0.5) is 0 Å². The molecule has 10 atom stereocenters. The average molecular weight is 991 g/mol. The van der Waals surface area contributed by atoms with Crippen molar-refractivity contribution >= 4 is 25.7 Å². The standard InChI is InChI=1S/C57H100NO10P/c1-10-11-12-13-14-15-16-17-18-19-20-21-22-23-24-28-53(59)64-42-48(43-66-69(62,63)65-40-39-58(7,8)9)68-55(61)34-33-54(60)67-47-35-37-56(5)46(41-47)29-30-49-51-32-31-50(45(4)27-25-26-44(2)3)57(51,6)38-36-52(49)56/h17-18,29,44-45,47-52H,10-16,19-28,30-43H2,1-9H3/p+1/b18-17+/t45-,47+,48?,49+,50-,51+,52+,56+,57-/m1/s1. The van der Waals surface area contributed by atoms with Crippen LogP contribution in [0.5, 0.6) is 0 Å². The second-order valence-electron chi connectivity index (χ2n) is 23.9. The quantitative estimate of drug-likeness (QED) is 0.0166. The first kappa shape index (κ1) is 59.5. The van der Waals surface area contributed by atoms with Gasteiger partial charge in [0, 0.05) is 12.8 Å². The number of fused-ring (bicyclic) bond motifs is 5. The Labute approximate surface area is 420 Å². The predicted molar refractivity (Wildman–Crippen MR) is 277 cm³/mol. The second-order valence-corrected chi connectivity index (χ2v) is 25.3. The fourth-order valence-corrected chi connectivity index (χ4v) is 13.5. The first-order chi connectivity index (χ1) is 32.8. The van der Waals surface area contributed by atoms with E-state index in [4.69, 9.17) is 23.3 Å². The first-order valence-corrected chi connectivity index (χ1v) is 29.6. The molecule has 4 aliphatic rings. The third kappa shape index (κ3) is 20.4.